The topological polar surface area (TPSA) is 41.1 Å². The molecule has 0 radical (unpaired) electrons. The van der Waals surface area contributed by atoms with Crippen molar-refractivity contribution in [1.29, 1.82) is 0 Å². The number of hydrogen-bond acceptors (Lipinski definition) is 2. The van der Waals surface area contributed by atoms with E-state index in [-0.39, 0.29) is 17.4 Å². The minimum Gasteiger partial charge on any atom is -0.355 e. The lowest BCUT2D eigenvalue weighted by molar-refractivity contribution is -0.122. The average molecular weight is 228 g/mol. The van der Waals surface area contributed by atoms with Crippen molar-refractivity contribution >= 4 is 5.91 Å². The van der Waals surface area contributed by atoms with Crippen molar-refractivity contribution in [2.75, 3.05) is 13.1 Å². The summed E-state index contributed by atoms with van der Waals surface area (Å²) in [7, 11) is 0. The van der Waals surface area contributed by atoms with Crippen LogP contribution in [0.25, 0.3) is 0 Å². The van der Waals surface area contributed by atoms with Gasteiger partial charge < -0.3 is 10.6 Å². The third-order valence-corrected chi connectivity index (χ3v) is 2.35. The van der Waals surface area contributed by atoms with Crippen LogP contribution in [0, 0.1) is 11.3 Å². The van der Waals surface area contributed by atoms with E-state index in [1.54, 1.807) is 0 Å². The molecular formula is C13H28N2O. The molecule has 2 N–H and O–H groups in total. The Kier molecular flexibility index (Phi) is 6.65. The molecule has 0 fully saturated rings. The van der Waals surface area contributed by atoms with E-state index in [9.17, 15) is 4.79 Å². The van der Waals surface area contributed by atoms with E-state index in [2.05, 4.69) is 45.3 Å². The molecule has 0 bridgehead atoms. The van der Waals surface area contributed by atoms with Gasteiger partial charge in [-0.1, -0.05) is 34.6 Å². The van der Waals surface area contributed by atoms with Gasteiger partial charge in [0.25, 0.3) is 0 Å². The standard InChI is InChI=1S/C13H28N2O/c1-10(2)7-8-14-12(16)11(3)15-9-13(4,5)6/h10-11,15H,7-9H2,1-6H3,(H,14,16). The smallest absolute Gasteiger partial charge is 0.236 e. The van der Waals surface area contributed by atoms with Crippen LogP contribution in [0.5, 0.6) is 0 Å². The Morgan fingerprint density at radius 2 is 1.75 bits per heavy atom. The maximum Gasteiger partial charge on any atom is 0.236 e. The maximum absolute atomic E-state index is 11.7. The van der Waals surface area contributed by atoms with Gasteiger partial charge in [0.2, 0.25) is 5.91 Å². The Morgan fingerprint density at radius 3 is 2.19 bits per heavy atom. The Labute approximate surface area is 100 Å². The summed E-state index contributed by atoms with van der Waals surface area (Å²) in [6, 6.07) is -0.105. The van der Waals surface area contributed by atoms with E-state index >= 15 is 0 Å². The SMILES string of the molecule is CC(C)CCNC(=O)C(C)NCC(C)(C)C. The molecule has 0 heterocycles. The molecule has 1 atom stereocenters. The highest BCUT2D eigenvalue weighted by Gasteiger charge is 2.16. The van der Waals surface area contributed by atoms with Gasteiger partial charge in [-0.15, -0.1) is 0 Å². The fourth-order valence-electron chi connectivity index (χ4n) is 1.19. The van der Waals surface area contributed by atoms with Gasteiger partial charge in [0.15, 0.2) is 0 Å². The van der Waals surface area contributed by atoms with E-state index in [1.807, 2.05) is 6.92 Å². The van der Waals surface area contributed by atoms with Gasteiger partial charge in [-0.05, 0) is 24.7 Å². The average Bonchev–Trinajstić information content (AvgIpc) is 2.12. The number of carbonyl (C=O) groups is 1. The number of hydrogen-bond donors (Lipinski definition) is 2. The largest absolute Gasteiger partial charge is 0.355 e. The maximum atomic E-state index is 11.7. The molecule has 0 rings (SSSR count). The van der Waals surface area contributed by atoms with E-state index < -0.39 is 0 Å². The third-order valence-electron chi connectivity index (χ3n) is 2.35. The second-order valence-corrected chi connectivity index (χ2v) is 6.14. The molecular weight excluding hydrogens is 200 g/mol. The number of nitrogens with one attached hydrogen (secondary N) is 2. The Morgan fingerprint density at radius 1 is 1.19 bits per heavy atom. The predicted molar refractivity (Wildman–Crippen MR) is 69.4 cm³/mol. The van der Waals surface area contributed by atoms with Crippen molar-refractivity contribution in [2.24, 2.45) is 11.3 Å². The second kappa shape index (κ2) is 6.89. The van der Waals surface area contributed by atoms with E-state index in [0.29, 0.717) is 5.92 Å². The molecule has 96 valence electrons. The molecule has 0 saturated heterocycles. The first kappa shape index (κ1) is 15.4. The number of amides is 1. The van der Waals surface area contributed by atoms with Crippen LogP contribution in [-0.4, -0.2) is 25.0 Å². The first-order valence-corrected chi connectivity index (χ1v) is 6.23. The molecule has 0 aromatic heterocycles. The lowest BCUT2D eigenvalue weighted by Crippen LogP contribution is -2.45. The summed E-state index contributed by atoms with van der Waals surface area (Å²) in [5.74, 6) is 0.739. The zero-order valence-corrected chi connectivity index (χ0v) is 11.7. The van der Waals surface area contributed by atoms with E-state index in [4.69, 9.17) is 0 Å². The van der Waals surface area contributed by atoms with Crippen molar-refractivity contribution in [3.05, 3.63) is 0 Å². The molecule has 0 aromatic carbocycles. The molecule has 0 aliphatic carbocycles. The van der Waals surface area contributed by atoms with Crippen molar-refractivity contribution in [1.82, 2.24) is 10.6 Å². The highest BCUT2D eigenvalue weighted by atomic mass is 16.2. The molecule has 1 amide bonds. The van der Waals surface area contributed by atoms with Gasteiger partial charge in [0.05, 0.1) is 6.04 Å². The molecule has 0 spiro atoms. The van der Waals surface area contributed by atoms with Gasteiger partial charge in [0.1, 0.15) is 0 Å². The zero-order chi connectivity index (χ0) is 12.8. The van der Waals surface area contributed by atoms with Crippen LogP contribution in [0.1, 0.15) is 48.0 Å². The minimum atomic E-state index is -0.105. The quantitative estimate of drug-likeness (QED) is 0.731. The van der Waals surface area contributed by atoms with Crippen LogP contribution >= 0.6 is 0 Å². The molecule has 3 heteroatoms. The summed E-state index contributed by atoms with van der Waals surface area (Å²) in [5.41, 5.74) is 0.215. The Balaban J connectivity index is 3.74. The summed E-state index contributed by atoms with van der Waals surface area (Å²) in [6.07, 6.45) is 1.04. The number of rotatable bonds is 6. The van der Waals surface area contributed by atoms with Crippen molar-refractivity contribution in [3.8, 4) is 0 Å². The molecule has 0 aromatic rings. The predicted octanol–water partition coefficient (Wildman–Crippen LogP) is 2.17. The van der Waals surface area contributed by atoms with Crippen LogP contribution in [0.3, 0.4) is 0 Å². The first-order valence-electron chi connectivity index (χ1n) is 6.23. The molecule has 1 unspecified atom stereocenters. The first-order chi connectivity index (χ1) is 7.22. The van der Waals surface area contributed by atoms with E-state index in [1.165, 1.54) is 0 Å². The molecule has 0 saturated carbocycles. The van der Waals surface area contributed by atoms with Gasteiger partial charge in [0, 0.05) is 13.1 Å². The highest BCUT2D eigenvalue weighted by Crippen LogP contribution is 2.10. The Bertz CT molecular complexity index is 206. The minimum absolute atomic E-state index is 0.102. The summed E-state index contributed by atoms with van der Waals surface area (Å²) in [5, 5.41) is 6.20. The second-order valence-electron chi connectivity index (χ2n) is 6.14. The molecule has 0 aliphatic heterocycles. The molecule has 3 nitrogen and oxygen atoms in total. The van der Waals surface area contributed by atoms with Crippen molar-refractivity contribution in [2.45, 2.75) is 54.0 Å². The summed E-state index contributed by atoms with van der Waals surface area (Å²) in [6.45, 7) is 14.3. The van der Waals surface area contributed by atoms with Crippen LogP contribution in [0.4, 0.5) is 0 Å². The van der Waals surface area contributed by atoms with Gasteiger partial charge in [-0.25, -0.2) is 0 Å². The van der Waals surface area contributed by atoms with Gasteiger partial charge in [-0.3, -0.25) is 4.79 Å². The fourth-order valence-corrected chi connectivity index (χ4v) is 1.19. The normalized spacial score (nSPS) is 13.9. The monoisotopic (exact) mass is 228 g/mol. The third kappa shape index (κ3) is 8.72. The van der Waals surface area contributed by atoms with Gasteiger partial charge >= 0.3 is 0 Å². The lowest BCUT2D eigenvalue weighted by atomic mass is 9.96. The summed E-state index contributed by atoms with van der Waals surface area (Å²) < 4.78 is 0. The summed E-state index contributed by atoms with van der Waals surface area (Å²) in [4.78, 5) is 11.7. The van der Waals surface area contributed by atoms with Crippen LogP contribution in [0.15, 0.2) is 0 Å². The summed E-state index contributed by atoms with van der Waals surface area (Å²) >= 11 is 0. The van der Waals surface area contributed by atoms with Crippen LogP contribution in [-0.2, 0) is 4.79 Å². The highest BCUT2D eigenvalue weighted by molar-refractivity contribution is 5.81. The number of carbonyl (C=O) groups excluding carboxylic acids is 1. The fraction of sp³-hybridized carbons (Fsp3) is 0.923. The zero-order valence-electron chi connectivity index (χ0n) is 11.7. The lowest BCUT2D eigenvalue weighted by Gasteiger charge is -2.22. The molecule has 16 heavy (non-hydrogen) atoms. The van der Waals surface area contributed by atoms with Crippen molar-refractivity contribution < 1.29 is 4.79 Å². The van der Waals surface area contributed by atoms with Crippen LogP contribution in [0.2, 0.25) is 0 Å². The van der Waals surface area contributed by atoms with E-state index in [0.717, 1.165) is 19.5 Å². The molecule has 0 aliphatic rings. The Hall–Kier alpha value is -0.570. The van der Waals surface area contributed by atoms with Crippen molar-refractivity contribution in [3.63, 3.8) is 0 Å². The van der Waals surface area contributed by atoms with Crippen LogP contribution < -0.4 is 10.6 Å². The van der Waals surface area contributed by atoms with Gasteiger partial charge in [-0.2, -0.15) is 0 Å².